The van der Waals surface area contributed by atoms with Crippen molar-refractivity contribution < 1.29 is 14.0 Å². The molecule has 1 atom stereocenters. The summed E-state index contributed by atoms with van der Waals surface area (Å²) in [6.45, 7) is 3.77. The molecule has 2 amide bonds. The summed E-state index contributed by atoms with van der Waals surface area (Å²) in [7, 11) is 0. The van der Waals surface area contributed by atoms with Crippen LogP contribution in [-0.4, -0.2) is 28.9 Å². The predicted molar refractivity (Wildman–Crippen MR) is 112 cm³/mol. The van der Waals surface area contributed by atoms with Gasteiger partial charge in [0.25, 0.3) is 0 Å². The van der Waals surface area contributed by atoms with Crippen LogP contribution in [0.5, 0.6) is 0 Å². The zero-order chi connectivity index (χ0) is 20.8. The normalized spacial score (nSPS) is 12.1. The number of amides is 2. The number of para-hydroxylation sites is 1. The third-order valence-corrected chi connectivity index (χ3v) is 4.74. The number of hydrogen-bond donors (Lipinski definition) is 3. The summed E-state index contributed by atoms with van der Waals surface area (Å²) in [5, 5.41) is 6.79. The number of carbonyl (C=O) groups excluding carboxylic acids is 2. The van der Waals surface area contributed by atoms with E-state index in [1.165, 1.54) is 12.1 Å². The lowest BCUT2D eigenvalue weighted by atomic mass is 10.0. The monoisotopic (exact) mass is 395 g/mol. The van der Waals surface area contributed by atoms with Gasteiger partial charge in [0.05, 0.1) is 0 Å². The van der Waals surface area contributed by atoms with Crippen molar-refractivity contribution in [3.05, 3.63) is 71.7 Å². The Morgan fingerprint density at radius 1 is 1.03 bits per heavy atom. The number of hydrogen-bond acceptors (Lipinski definition) is 2. The molecule has 2 aromatic carbocycles. The lowest BCUT2D eigenvalue weighted by Crippen LogP contribution is -2.49. The molecule has 6 heteroatoms. The van der Waals surface area contributed by atoms with Gasteiger partial charge in [-0.2, -0.15) is 0 Å². The second-order valence-corrected chi connectivity index (χ2v) is 7.47. The Hall–Kier alpha value is -3.15. The predicted octanol–water partition coefficient (Wildman–Crippen LogP) is 3.49. The number of halogens is 1. The number of fused-ring (bicyclic) bond motifs is 1. The first kappa shape index (κ1) is 20.6. The maximum atomic E-state index is 13.0. The molecule has 0 saturated heterocycles. The van der Waals surface area contributed by atoms with Crippen molar-refractivity contribution in [2.75, 3.05) is 0 Å². The van der Waals surface area contributed by atoms with Crippen molar-refractivity contribution in [2.24, 2.45) is 0 Å². The average molecular weight is 395 g/mol. The third kappa shape index (κ3) is 5.67. The molecule has 1 unspecified atom stereocenters. The lowest BCUT2D eigenvalue weighted by molar-refractivity contribution is -0.129. The first-order valence-electron chi connectivity index (χ1n) is 9.81. The molecular weight excluding hydrogens is 369 g/mol. The number of aryl methyl sites for hydroxylation is 1. The number of aromatic nitrogens is 1. The standard InChI is InChI=1S/C23H26FN3O2/c1-15(2)26-23(29)21(13-17-14-25-20-6-4-3-5-19(17)20)27-22(28)12-9-16-7-10-18(24)11-8-16/h3-8,10-11,14-15,21,25H,9,12-13H2,1-2H3,(H,26,29)(H,27,28). The maximum Gasteiger partial charge on any atom is 0.243 e. The maximum absolute atomic E-state index is 13.0. The molecule has 5 nitrogen and oxygen atoms in total. The van der Waals surface area contributed by atoms with Gasteiger partial charge in [-0.05, 0) is 49.6 Å². The van der Waals surface area contributed by atoms with Gasteiger partial charge in [0, 0.05) is 36.0 Å². The lowest BCUT2D eigenvalue weighted by Gasteiger charge is -2.20. The molecule has 0 aliphatic rings. The quantitative estimate of drug-likeness (QED) is 0.546. The SMILES string of the molecule is CC(C)NC(=O)C(Cc1c[nH]c2ccccc12)NC(=O)CCc1ccc(F)cc1. The van der Waals surface area contributed by atoms with Gasteiger partial charge in [-0.3, -0.25) is 9.59 Å². The van der Waals surface area contributed by atoms with Gasteiger partial charge in [-0.1, -0.05) is 30.3 Å². The first-order valence-corrected chi connectivity index (χ1v) is 9.81. The van der Waals surface area contributed by atoms with Crippen molar-refractivity contribution in [3.63, 3.8) is 0 Å². The van der Waals surface area contributed by atoms with Gasteiger partial charge >= 0.3 is 0 Å². The van der Waals surface area contributed by atoms with E-state index in [0.717, 1.165) is 22.0 Å². The molecule has 0 fully saturated rings. The van der Waals surface area contributed by atoms with E-state index in [1.54, 1.807) is 12.1 Å². The van der Waals surface area contributed by atoms with E-state index in [-0.39, 0.29) is 30.1 Å². The Bertz CT molecular complexity index is 979. The van der Waals surface area contributed by atoms with Gasteiger partial charge in [0.1, 0.15) is 11.9 Å². The number of carbonyl (C=O) groups is 2. The van der Waals surface area contributed by atoms with Crippen molar-refractivity contribution in [2.45, 2.75) is 45.2 Å². The Morgan fingerprint density at radius 3 is 2.48 bits per heavy atom. The highest BCUT2D eigenvalue weighted by Crippen LogP contribution is 2.19. The van der Waals surface area contributed by atoms with Crippen molar-refractivity contribution in [3.8, 4) is 0 Å². The van der Waals surface area contributed by atoms with Crippen LogP contribution in [0.15, 0.2) is 54.7 Å². The molecule has 1 aromatic heterocycles. The molecule has 0 radical (unpaired) electrons. The van der Waals surface area contributed by atoms with E-state index in [4.69, 9.17) is 0 Å². The molecule has 1 heterocycles. The Kier molecular flexibility index (Phi) is 6.65. The van der Waals surface area contributed by atoms with Crippen LogP contribution in [0, 0.1) is 5.82 Å². The number of benzene rings is 2. The average Bonchev–Trinajstić information content (AvgIpc) is 3.09. The number of nitrogens with one attached hydrogen (secondary N) is 3. The van der Waals surface area contributed by atoms with Crippen LogP contribution in [0.4, 0.5) is 4.39 Å². The van der Waals surface area contributed by atoms with Crippen LogP contribution in [0.1, 0.15) is 31.4 Å². The van der Waals surface area contributed by atoms with E-state index in [1.807, 2.05) is 44.3 Å². The van der Waals surface area contributed by atoms with Crippen LogP contribution >= 0.6 is 0 Å². The largest absolute Gasteiger partial charge is 0.361 e. The minimum Gasteiger partial charge on any atom is -0.361 e. The Morgan fingerprint density at radius 2 is 1.76 bits per heavy atom. The zero-order valence-electron chi connectivity index (χ0n) is 16.7. The molecule has 0 saturated carbocycles. The summed E-state index contributed by atoms with van der Waals surface area (Å²) in [6.07, 6.45) is 2.98. The van der Waals surface area contributed by atoms with Gasteiger partial charge in [-0.15, -0.1) is 0 Å². The second kappa shape index (κ2) is 9.37. The highest BCUT2D eigenvalue weighted by atomic mass is 19.1. The third-order valence-electron chi connectivity index (χ3n) is 4.74. The number of aromatic amines is 1. The second-order valence-electron chi connectivity index (χ2n) is 7.47. The van der Waals surface area contributed by atoms with E-state index in [2.05, 4.69) is 15.6 Å². The molecule has 29 heavy (non-hydrogen) atoms. The van der Waals surface area contributed by atoms with Crippen molar-refractivity contribution in [1.29, 1.82) is 0 Å². The Labute approximate surface area is 169 Å². The summed E-state index contributed by atoms with van der Waals surface area (Å²) in [4.78, 5) is 28.4. The molecular formula is C23H26FN3O2. The summed E-state index contributed by atoms with van der Waals surface area (Å²) in [6, 6.07) is 13.3. The summed E-state index contributed by atoms with van der Waals surface area (Å²) < 4.78 is 13.0. The minimum absolute atomic E-state index is 0.0240. The highest BCUT2D eigenvalue weighted by molar-refractivity contribution is 5.89. The zero-order valence-corrected chi connectivity index (χ0v) is 16.7. The van der Waals surface area contributed by atoms with E-state index >= 15 is 0 Å². The smallest absolute Gasteiger partial charge is 0.243 e. The molecule has 0 spiro atoms. The van der Waals surface area contributed by atoms with E-state index in [0.29, 0.717) is 12.8 Å². The van der Waals surface area contributed by atoms with Crippen LogP contribution in [0.2, 0.25) is 0 Å². The fourth-order valence-electron chi connectivity index (χ4n) is 3.29. The first-order chi connectivity index (χ1) is 13.9. The van der Waals surface area contributed by atoms with E-state index < -0.39 is 6.04 Å². The van der Waals surface area contributed by atoms with Crippen molar-refractivity contribution >= 4 is 22.7 Å². The number of rotatable bonds is 8. The number of H-pyrrole nitrogens is 1. The fourth-order valence-corrected chi connectivity index (χ4v) is 3.29. The summed E-state index contributed by atoms with van der Waals surface area (Å²) in [5.74, 6) is -0.721. The highest BCUT2D eigenvalue weighted by Gasteiger charge is 2.23. The van der Waals surface area contributed by atoms with Crippen LogP contribution < -0.4 is 10.6 Å². The molecule has 0 bridgehead atoms. The summed E-state index contributed by atoms with van der Waals surface area (Å²) in [5.41, 5.74) is 2.85. The molecule has 3 N–H and O–H groups in total. The molecule has 3 rings (SSSR count). The topological polar surface area (TPSA) is 74.0 Å². The van der Waals surface area contributed by atoms with Gasteiger partial charge in [0.15, 0.2) is 0 Å². The van der Waals surface area contributed by atoms with Gasteiger partial charge in [0.2, 0.25) is 11.8 Å². The van der Waals surface area contributed by atoms with Crippen LogP contribution in [0.25, 0.3) is 10.9 Å². The fraction of sp³-hybridized carbons (Fsp3) is 0.304. The van der Waals surface area contributed by atoms with E-state index in [9.17, 15) is 14.0 Å². The molecule has 3 aromatic rings. The molecule has 0 aliphatic carbocycles. The van der Waals surface area contributed by atoms with Gasteiger partial charge in [-0.25, -0.2) is 4.39 Å². The van der Waals surface area contributed by atoms with Gasteiger partial charge < -0.3 is 15.6 Å². The van der Waals surface area contributed by atoms with Crippen LogP contribution in [-0.2, 0) is 22.4 Å². The molecule has 0 aliphatic heterocycles. The minimum atomic E-state index is -0.669. The molecule has 152 valence electrons. The van der Waals surface area contributed by atoms with Crippen molar-refractivity contribution in [1.82, 2.24) is 15.6 Å². The van der Waals surface area contributed by atoms with Crippen LogP contribution in [0.3, 0.4) is 0 Å². The summed E-state index contributed by atoms with van der Waals surface area (Å²) >= 11 is 0. The Balaban J connectivity index is 1.68.